The highest BCUT2D eigenvalue weighted by Gasteiger charge is 2.38. The van der Waals surface area contributed by atoms with Gasteiger partial charge in [0.15, 0.2) is 11.6 Å². The van der Waals surface area contributed by atoms with Crippen molar-refractivity contribution in [3.63, 3.8) is 0 Å². The predicted molar refractivity (Wildman–Crippen MR) is 135 cm³/mol. The molecule has 0 unspecified atom stereocenters. The zero-order valence-electron chi connectivity index (χ0n) is 19.1. The van der Waals surface area contributed by atoms with Crippen LogP contribution in [0.15, 0.2) is 91.0 Å². The molecule has 0 aromatic heterocycles. The second-order valence-electron chi connectivity index (χ2n) is 8.17. The van der Waals surface area contributed by atoms with E-state index in [4.69, 9.17) is 0 Å². The number of benzene rings is 4. The summed E-state index contributed by atoms with van der Waals surface area (Å²) >= 11 is 0. The van der Waals surface area contributed by atoms with Crippen LogP contribution < -0.4 is 10.6 Å². The monoisotopic (exact) mass is 491 g/mol. The summed E-state index contributed by atoms with van der Waals surface area (Å²) in [6.45, 7) is 0. The number of rotatable bonds is 5. The molecule has 9 nitrogen and oxygen atoms in total. The van der Waals surface area contributed by atoms with Gasteiger partial charge in [0.2, 0.25) is 0 Å². The SMILES string of the molecule is O=C(Nc1cc([N+](=O)[O-])c(NC(=O)c2ccccc2)c2c1C(=O)c1ccccc1C2=O)c1ccccc1. The number of hydrogen-bond donors (Lipinski definition) is 2. The van der Waals surface area contributed by atoms with Gasteiger partial charge in [-0.15, -0.1) is 0 Å². The van der Waals surface area contributed by atoms with E-state index in [9.17, 15) is 29.3 Å². The molecule has 9 heteroatoms. The molecule has 0 heterocycles. The van der Waals surface area contributed by atoms with Gasteiger partial charge in [0.05, 0.1) is 21.7 Å². The minimum Gasteiger partial charge on any atom is -0.321 e. The van der Waals surface area contributed by atoms with Gasteiger partial charge in [-0.25, -0.2) is 0 Å². The highest BCUT2D eigenvalue weighted by molar-refractivity contribution is 6.33. The zero-order chi connectivity index (χ0) is 26.1. The zero-order valence-corrected chi connectivity index (χ0v) is 19.1. The molecular formula is C28H17N3O6. The van der Waals surface area contributed by atoms with Crippen molar-refractivity contribution < 1.29 is 24.1 Å². The van der Waals surface area contributed by atoms with Crippen LogP contribution in [-0.4, -0.2) is 28.3 Å². The Morgan fingerprint density at radius 3 is 1.62 bits per heavy atom. The minimum atomic E-state index is -0.780. The molecule has 1 aliphatic carbocycles. The van der Waals surface area contributed by atoms with Gasteiger partial charge in [0, 0.05) is 28.3 Å². The molecule has 0 radical (unpaired) electrons. The van der Waals surface area contributed by atoms with E-state index in [0.717, 1.165) is 6.07 Å². The molecule has 4 aromatic carbocycles. The van der Waals surface area contributed by atoms with Gasteiger partial charge in [-0.05, 0) is 24.3 Å². The molecule has 1 aliphatic rings. The van der Waals surface area contributed by atoms with E-state index in [1.54, 1.807) is 48.5 Å². The first kappa shape index (κ1) is 23.3. The molecule has 5 rings (SSSR count). The lowest BCUT2D eigenvalue weighted by atomic mass is 9.81. The number of fused-ring (bicyclic) bond motifs is 2. The van der Waals surface area contributed by atoms with Crippen molar-refractivity contribution in [2.24, 2.45) is 0 Å². The number of nitro benzene ring substituents is 1. The van der Waals surface area contributed by atoms with E-state index < -0.39 is 39.7 Å². The fraction of sp³-hybridized carbons (Fsp3) is 0. The van der Waals surface area contributed by atoms with Crippen molar-refractivity contribution in [3.8, 4) is 0 Å². The fourth-order valence-corrected chi connectivity index (χ4v) is 4.21. The van der Waals surface area contributed by atoms with Crippen LogP contribution in [0.5, 0.6) is 0 Å². The predicted octanol–water partition coefficient (Wildman–Crippen LogP) is 4.87. The van der Waals surface area contributed by atoms with Crippen molar-refractivity contribution in [1.82, 2.24) is 0 Å². The van der Waals surface area contributed by atoms with Crippen LogP contribution in [0.4, 0.5) is 17.1 Å². The first-order valence-corrected chi connectivity index (χ1v) is 11.1. The summed E-state index contributed by atoms with van der Waals surface area (Å²) in [7, 11) is 0. The van der Waals surface area contributed by atoms with Gasteiger partial charge < -0.3 is 10.6 Å². The quantitative estimate of drug-likeness (QED) is 0.266. The second-order valence-corrected chi connectivity index (χ2v) is 8.17. The van der Waals surface area contributed by atoms with E-state index in [2.05, 4.69) is 10.6 Å². The highest BCUT2D eigenvalue weighted by Crippen LogP contribution is 2.42. The van der Waals surface area contributed by atoms with Crippen molar-refractivity contribution in [2.45, 2.75) is 0 Å². The van der Waals surface area contributed by atoms with E-state index >= 15 is 0 Å². The summed E-state index contributed by atoms with van der Waals surface area (Å²) < 4.78 is 0. The van der Waals surface area contributed by atoms with Crippen LogP contribution in [0, 0.1) is 10.1 Å². The summed E-state index contributed by atoms with van der Waals surface area (Å²) in [6.07, 6.45) is 0. The van der Waals surface area contributed by atoms with Gasteiger partial charge in [-0.1, -0.05) is 60.7 Å². The number of carbonyl (C=O) groups excluding carboxylic acids is 4. The summed E-state index contributed by atoms with van der Waals surface area (Å²) in [5, 5.41) is 17.1. The van der Waals surface area contributed by atoms with Crippen LogP contribution >= 0.6 is 0 Å². The maximum Gasteiger partial charge on any atom is 0.295 e. The Labute approximate surface area is 209 Å². The van der Waals surface area contributed by atoms with Gasteiger partial charge in [-0.2, -0.15) is 0 Å². The van der Waals surface area contributed by atoms with Crippen LogP contribution in [0.2, 0.25) is 0 Å². The van der Waals surface area contributed by atoms with Crippen LogP contribution in [0.25, 0.3) is 0 Å². The Morgan fingerprint density at radius 2 is 1.11 bits per heavy atom. The number of hydrogen-bond acceptors (Lipinski definition) is 6. The van der Waals surface area contributed by atoms with E-state index in [1.807, 2.05) is 0 Å². The van der Waals surface area contributed by atoms with E-state index in [-0.39, 0.29) is 39.1 Å². The Kier molecular flexibility index (Phi) is 5.86. The Hall–Kier alpha value is -5.44. The number of nitro groups is 1. The molecule has 0 aliphatic heterocycles. The number of amides is 2. The van der Waals surface area contributed by atoms with Crippen molar-refractivity contribution in [3.05, 3.63) is 134 Å². The molecule has 0 atom stereocenters. The van der Waals surface area contributed by atoms with E-state index in [1.165, 1.54) is 36.4 Å². The molecule has 0 fully saturated rings. The molecule has 180 valence electrons. The highest BCUT2D eigenvalue weighted by atomic mass is 16.6. The first-order chi connectivity index (χ1) is 17.9. The molecule has 37 heavy (non-hydrogen) atoms. The molecule has 2 N–H and O–H groups in total. The minimum absolute atomic E-state index is 0.0380. The van der Waals surface area contributed by atoms with Crippen molar-refractivity contribution >= 4 is 40.4 Å². The average Bonchev–Trinajstić information content (AvgIpc) is 2.92. The number of anilines is 2. The summed E-state index contributed by atoms with van der Waals surface area (Å²) in [5.41, 5.74) is -1.29. The van der Waals surface area contributed by atoms with Gasteiger partial charge >= 0.3 is 0 Å². The largest absolute Gasteiger partial charge is 0.321 e. The third kappa shape index (κ3) is 4.14. The average molecular weight is 491 g/mol. The van der Waals surface area contributed by atoms with Gasteiger partial charge in [0.25, 0.3) is 17.5 Å². The molecule has 0 spiro atoms. The number of ketones is 2. The van der Waals surface area contributed by atoms with Gasteiger partial charge in [0.1, 0.15) is 5.69 Å². The van der Waals surface area contributed by atoms with Crippen molar-refractivity contribution in [2.75, 3.05) is 10.6 Å². The molecule has 2 amide bonds. The molecular weight excluding hydrogens is 474 g/mol. The third-order valence-electron chi connectivity index (χ3n) is 5.93. The lowest BCUT2D eigenvalue weighted by molar-refractivity contribution is -0.383. The van der Waals surface area contributed by atoms with Crippen LogP contribution in [0.3, 0.4) is 0 Å². The third-order valence-corrected chi connectivity index (χ3v) is 5.93. The van der Waals surface area contributed by atoms with Crippen LogP contribution in [0.1, 0.15) is 52.6 Å². The maximum atomic E-state index is 13.6. The molecule has 0 bridgehead atoms. The lowest BCUT2D eigenvalue weighted by Gasteiger charge is -2.23. The number of nitrogens with one attached hydrogen (secondary N) is 2. The lowest BCUT2D eigenvalue weighted by Crippen LogP contribution is -2.27. The van der Waals surface area contributed by atoms with E-state index in [0.29, 0.717) is 0 Å². The normalized spacial score (nSPS) is 11.8. The van der Waals surface area contributed by atoms with Crippen molar-refractivity contribution in [1.29, 1.82) is 0 Å². The number of carbonyl (C=O) groups is 4. The van der Waals surface area contributed by atoms with Gasteiger partial charge in [-0.3, -0.25) is 29.3 Å². The topological polar surface area (TPSA) is 135 Å². The summed E-state index contributed by atoms with van der Waals surface area (Å²) in [6, 6.07) is 23.0. The first-order valence-electron chi connectivity index (χ1n) is 11.1. The Bertz CT molecular complexity index is 1610. The second kappa shape index (κ2) is 9.31. The van der Waals surface area contributed by atoms with Crippen LogP contribution in [-0.2, 0) is 0 Å². The molecule has 0 saturated heterocycles. The maximum absolute atomic E-state index is 13.6. The standard InChI is InChI=1S/C28H17N3O6/c32-25-18-13-7-8-14-19(18)26(33)23-22(25)20(29-27(34)16-9-3-1-4-10-16)15-21(31(36)37)24(23)30-28(35)17-11-5-2-6-12-17/h1-15H,(H,29,34)(H,30,35). The Balaban J connectivity index is 1.73. The summed E-state index contributed by atoms with van der Waals surface area (Å²) in [4.78, 5) is 64.4. The summed E-state index contributed by atoms with van der Waals surface area (Å²) in [5.74, 6) is -2.63. The smallest absolute Gasteiger partial charge is 0.295 e. The number of nitrogens with zero attached hydrogens (tertiary/aromatic N) is 1. The fourth-order valence-electron chi connectivity index (χ4n) is 4.21. The molecule has 0 saturated carbocycles. The molecule has 4 aromatic rings. The Morgan fingerprint density at radius 1 is 0.649 bits per heavy atom.